The van der Waals surface area contributed by atoms with Gasteiger partial charge in [0.2, 0.25) is 5.91 Å². The summed E-state index contributed by atoms with van der Waals surface area (Å²) in [6, 6.07) is 6.31. The fraction of sp³-hybridized carbons (Fsp3) is 0.0526. The summed E-state index contributed by atoms with van der Waals surface area (Å²) in [5.74, 6) is -2.47. The highest BCUT2D eigenvalue weighted by molar-refractivity contribution is 7.14. The van der Waals surface area contributed by atoms with E-state index in [9.17, 15) is 18.4 Å². The second-order valence-electron chi connectivity index (χ2n) is 6.18. The molecule has 1 N–H and O–H groups in total. The molecule has 30 heavy (non-hydrogen) atoms. The average Bonchev–Trinajstić information content (AvgIpc) is 3.15. The molecule has 0 saturated carbocycles. The average molecular weight is 467 g/mol. The molecule has 4 rings (SSSR count). The Morgan fingerprint density at radius 1 is 1.17 bits per heavy atom. The molecule has 0 aliphatic heterocycles. The number of nitrogens with zero attached hydrogens (tertiary/aromatic N) is 3. The number of fused-ring (bicyclic) bond motifs is 1. The van der Waals surface area contributed by atoms with E-state index in [-0.39, 0.29) is 27.1 Å². The summed E-state index contributed by atoms with van der Waals surface area (Å²) in [6.07, 6.45) is 1.22. The van der Waals surface area contributed by atoms with E-state index in [0.717, 1.165) is 28.0 Å². The molecular formula is C19H10Cl2F2N4O2S. The molecule has 0 fully saturated rings. The van der Waals surface area contributed by atoms with Crippen LogP contribution in [0.2, 0.25) is 10.0 Å². The fourth-order valence-electron chi connectivity index (χ4n) is 2.74. The first-order valence-electron chi connectivity index (χ1n) is 8.37. The fourth-order valence-corrected chi connectivity index (χ4v) is 4.02. The van der Waals surface area contributed by atoms with Gasteiger partial charge in [-0.25, -0.2) is 18.7 Å². The van der Waals surface area contributed by atoms with Gasteiger partial charge in [0.15, 0.2) is 16.8 Å². The van der Waals surface area contributed by atoms with Crippen molar-refractivity contribution in [3.63, 3.8) is 0 Å². The third-order valence-electron chi connectivity index (χ3n) is 4.13. The molecule has 0 radical (unpaired) electrons. The van der Waals surface area contributed by atoms with Gasteiger partial charge in [0.25, 0.3) is 5.56 Å². The molecule has 0 aliphatic rings. The zero-order valence-corrected chi connectivity index (χ0v) is 17.2. The van der Waals surface area contributed by atoms with Crippen LogP contribution in [0.15, 0.2) is 46.8 Å². The Hall–Kier alpha value is -2.88. The summed E-state index contributed by atoms with van der Waals surface area (Å²) in [5.41, 5.74) is 0.567. The van der Waals surface area contributed by atoms with Gasteiger partial charge in [-0.15, -0.1) is 11.3 Å². The molecule has 11 heteroatoms. The lowest BCUT2D eigenvalue weighted by Gasteiger charge is -2.07. The maximum absolute atomic E-state index is 13.4. The van der Waals surface area contributed by atoms with Crippen molar-refractivity contribution in [2.24, 2.45) is 0 Å². The smallest absolute Gasteiger partial charge is 0.261 e. The summed E-state index contributed by atoms with van der Waals surface area (Å²) in [5, 5.41) is 5.11. The highest BCUT2D eigenvalue weighted by Crippen LogP contribution is 2.26. The van der Waals surface area contributed by atoms with E-state index in [4.69, 9.17) is 23.2 Å². The van der Waals surface area contributed by atoms with Crippen molar-refractivity contribution in [3.8, 4) is 11.3 Å². The first kappa shape index (κ1) is 20.4. The largest absolute Gasteiger partial charge is 0.300 e. The Labute approximate surface area is 181 Å². The van der Waals surface area contributed by atoms with Crippen molar-refractivity contribution in [2.75, 3.05) is 5.32 Å². The number of benzene rings is 2. The van der Waals surface area contributed by atoms with Crippen LogP contribution in [-0.2, 0) is 11.3 Å². The number of hydrogen-bond donors (Lipinski definition) is 1. The molecule has 0 saturated heterocycles. The van der Waals surface area contributed by atoms with Crippen LogP contribution in [0.25, 0.3) is 22.2 Å². The van der Waals surface area contributed by atoms with Crippen LogP contribution in [0, 0.1) is 11.6 Å². The molecule has 2 aromatic carbocycles. The number of thiazole rings is 1. The van der Waals surface area contributed by atoms with Gasteiger partial charge in [-0.1, -0.05) is 23.2 Å². The van der Waals surface area contributed by atoms with E-state index in [1.54, 1.807) is 5.38 Å². The standard InChI is InChI=1S/C19H10Cl2F2N4O2S/c20-10-4-11-17(12(21)5-10)24-8-27(18(11)29)6-16(28)26-19-25-15(7-30-19)9-1-2-13(22)14(23)3-9/h1-5,7-8H,6H2,(H,25,26,28). The number of aromatic nitrogens is 3. The number of halogens is 4. The molecule has 1 amide bonds. The predicted octanol–water partition coefficient (Wildman–Crippen LogP) is 4.74. The minimum Gasteiger partial charge on any atom is -0.300 e. The maximum atomic E-state index is 13.4. The van der Waals surface area contributed by atoms with Crippen LogP contribution in [0.4, 0.5) is 13.9 Å². The van der Waals surface area contributed by atoms with Crippen LogP contribution < -0.4 is 10.9 Å². The van der Waals surface area contributed by atoms with Crippen molar-refractivity contribution in [1.29, 1.82) is 0 Å². The summed E-state index contributed by atoms with van der Waals surface area (Å²) in [6.45, 7) is -0.313. The van der Waals surface area contributed by atoms with Gasteiger partial charge in [-0.05, 0) is 30.3 Å². The molecule has 0 spiro atoms. The SMILES string of the molecule is O=C(Cn1cnc2c(Cl)cc(Cl)cc2c1=O)Nc1nc(-c2ccc(F)c(F)c2)cs1. The van der Waals surface area contributed by atoms with Crippen LogP contribution >= 0.6 is 34.5 Å². The van der Waals surface area contributed by atoms with Crippen molar-refractivity contribution in [3.05, 3.63) is 74.1 Å². The summed E-state index contributed by atoms with van der Waals surface area (Å²) < 4.78 is 27.6. The monoisotopic (exact) mass is 466 g/mol. The van der Waals surface area contributed by atoms with Gasteiger partial charge in [0.05, 0.1) is 27.9 Å². The number of carbonyl (C=O) groups excluding carboxylic acids is 1. The van der Waals surface area contributed by atoms with Crippen LogP contribution in [-0.4, -0.2) is 20.4 Å². The lowest BCUT2D eigenvalue weighted by atomic mass is 10.2. The van der Waals surface area contributed by atoms with Gasteiger partial charge in [0.1, 0.15) is 6.54 Å². The van der Waals surface area contributed by atoms with Crippen molar-refractivity contribution >= 4 is 56.5 Å². The van der Waals surface area contributed by atoms with Crippen molar-refractivity contribution < 1.29 is 13.6 Å². The van der Waals surface area contributed by atoms with Crippen LogP contribution in [0.1, 0.15) is 0 Å². The summed E-state index contributed by atoms with van der Waals surface area (Å²) in [7, 11) is 0. The van der Waals surface area contributed by atoms with E-state index >= 15 is 0 Å². The number of nitrogens with one attached hydrogen (secondary N) is 1. The van der Waals surface area contributed by atoms with Gasteiger partial charge in [-0.2, -0.15) is 0 Å². The van der Waals surface area contributed by atoms with Gasteiger partial charge in [0, 0.05) is 16.0 Å². The molecule has 0 unspecified atom stereocenters. The highest BCUT2D eigenvalue weighted by Gasteiger charge is 2.14. The number of rotatable bonds is 4. The van der Waals surface area contributed by atoms with Crippen LogP contribution in [0.5, 0.6) is 0 Å². The maximum Gasteiger partial charge on any atom is 0.261 e. The van der Waals surface area contributed by atoms with Gasteiger partial charge in [-0.3, -0.25) is 14.2 Å². The first-order chi connectivity index (χ1) is 14.3. The Morgan fingerprint density at radius 3 is 2.73 bits per heavy atom. The van der Waals surface area contributed by atoms with Crippen molar-refractivity contribution in [2.45, 2.75) is 6.54 Å². The lowest BCUT2D eigenvalue weighted by molar-refractivity contribution is -0.116. The Balaban J connectivity index is 1.53. The van der Waals surface area contributed by atoms with Crippen LogP contribution in [0.3, 0.4) is 0 Å². The van der Waals surface area contributed by atoms with E-state index in [1.807, 2.05) is 0 Å². The molecular weight excluding hydrogens is 457 g/mol. The van der Waals surface area contributed by atoms with E-state index in [0.29, 0.717) is 16.8 Å². The zero-order chi connectivity index (χ0) is 21.4. The zero-order valence-electron chi connectivity index (χ0n) is 14.8. The predicted molar refractivity (Wildman–Crippen MR) is 112 cm³/mol. The minimum absolute atomic E-state index is 0.192. The third kappa shape index (κ3) is 4.04. The molecule has 152 valence electrons. The third-order valence-corrected chi connectivity index (χ3v) is 5.39. The van der Waals surface area contributed by atoms with Gasteiger partial charge >= 0.3 is 0 Å². The Bertz CT molecular complexity index is 1360. The second kappa shape index (κ2) is 8.10. The normalized spacial score (nSPS) is 11.1. The van der Waals surface area contributed by atoms with E-state index in [1.165, 1.54) is 24.5 Å². The highest BCUT2D eigenvalue weighted by atomic mass is 35.5. The molecule has 2 heterocycles. The summed E-state index contributed by atoms with van der Waals surface area (Å²) >= 11 is 13.1. The number of anilines is 1. The molecule has 4 aromatic rings. The molecule has 6 nitrogen and oxygen atoms in total. The first-order valence-corrected chi connectivity index (χ1v) is 10.0. The number of hydrogen-bond acceptors (Lipinski definition) is 5. The van der Waals surface area contributed by atoms with Gasteiger partial charge < -0.3 is 5.32 Å². The lowest BCUT2D eigenvalue weighted by Crippen LogP contribution is -2.28. The second-order valence-corrected chi connectivity index (χ2v) is 7.88. The van der Waals surface area contributed by atoms with Crippen molar-refractivity contribution in [1.82, 2.24) is 14.5 Å². The summed E-state index contributed by atoms with van der Waals surface area (Å²) in [4.78, 5) is 33.3. The molecule has 0 aliphatic carbocycles. The number of carbonyl (C=O) groups is 1. The van der Waals surface area contributed by atoms with E-state index in [2.05, 4.69) is 15.3 Å². The molecule has 0 bridgehead atoms. The molecule has 0 atom stereocenters. The Morgan fingerprint density at radius 2 is 1.97 bits per heavy atom. The Kier molecular flexibility index (Phi) is 5.50. The molecule has 2 aromatic heterocycles. The quantitative estimate of drug-likeness (QED) is 0.470. The minimum atomic E-state index is -0.991. The topological polar surface area (TPSA) is 76.9 Å². The van der Waals surface area contributed by atoms with E-state index < -0.39 is 23.1 Å². The number of amides is 1.